The first kappa shape index (κ1) is 14.2. The average Bonchev–Trinajstić information content (AvgIpc) is 2.49. The molecule has 1 saturated heterocycles. The topological polar surface area (TPSA) is 98.9 Å². The van der Waals surface area contributed by atoms with Crippen LogP contribution < -0.4 is 5.14 Å². The van der Waals surface area contributed by atoms with Crippen molar-refractivity contribution in [3.05, 3.63) is 0 Å². The first-order valence-corrected chi connectivity index (χ1v) is 6.74. The molecule has 0 aromatic carbocycles. The second kappa shape index (κ2) is 4.79. The Morgan fingerprint density at radius 2 is 2.06 bits per heavy atom. The van der Waals surface area contributed by atoms with E-state index in [0.717, 1.165) is 0 Å². The molecule has 1 heterocycles. The van der Waals surface area contributed by atoms with E-state index < -0.39 is 27.9 Å². The molecule has 0 bridgehead atoms. The summed E-state index contributed by atoms with van der Waals surface area (Å²) in [6.45, 7) is 5.50. The van der Waals surface area contributed by atoms with Crippen molar-refractivity contribution in [1.82, 2.24) is 4.31 Å². The SMILES string of the molecule is CC(C)(C)OC(=O)N(C1CCOC1)S(N)(=O)=O. The number of amides is 1. The average molecular weight is 266 g/mol. The predicted molar refractivity (Wildman–Crippen MR) is 60.4 cm³/mol. The summed E-state index contributed by atoms with van der Waals surface area (Å²) in [5, 5.41) is 5.02. The molecule has 2 N–H and O–H groups in total. The standard InChI is InChI=1S/C9H18N2O5S/c1-9(2,3)16-8(12)11(17(10,13)14)7-4-5-15-6-7/h7H,4-6H2,1-3H3,(H2,10,13,14). The fraction of sp³-hybridized carbons (Fsp3) is 0.889. The van der Waals surface area contributed by atoms with E-state index in [0.29, 0.717) is 17.3 Å². The van der Waals surface area contributed by atoms with Crippen molar-refractivity contribution < 1.29 is 22.7 Å². The Labute approximate surface area is 101 Å². The molecule has 1 aliphatic rings. The molecule has 7 nitrogen and oxygen atoms in total. The minimum Gasteiger partial charge on any atom is -0.443 e. The van der Waals surface area contributed by atoms with Crippen LogP contribution in [0.2, 0.25) is 0 Å². The number of rotatable bonds is 2. The lowest BCUT2D eigenvalue weighted by Gasteiger charge is -2.28. The Kier molecular flexibility index (Phi) is 4.00. The number of nitrogens with zero attached hydrogens (tertiary/aromatic N) is 1. The van der Waals surface area contributed by atoms with Crippen LogP contribution in [0.1, 0.15) is 27.2 Å². The van der Waals surface area contributed by atoms with Gasteiger partial charge >= 0.3 is 16.3 Å². The molecule has 1 unspecified atom stereocenters. The normalized spacial score (nSPS) is 21.3. The second-order valence-electron chi connectivity index (χ2n) is 4.84. The number of carbonyl (C=O) groups excluding carboxylic acids is 1. The fourth-order valence-electron chi connectivity index (χ4n) is 1.47. The van der Waals surface area contributed by atoms with Gasteiger partial charge in [-0.1, -0.05) is 0 Å². The van der Waals surface area contributed by atoms with E-state index >= 15 is 0 Å². The highest BCUT2D eigenvalue weighted by Gasteiger charge is 2.37. The highest BCUT2D eigenvalue weighted by atomic mass is 32.2. The van der Waals surface area contributed by atoms with E-state index in [2.05, 4.69) is 0 Å². The van der Waals surface area contributed by atoms with E-state index in [4.69, 9.17) is 14.6 Å². The molecule has 0 saturated carbocycles. The maximum atomic E-state index is 11.8. The van der Waals surface area contributed by atoms with Crippen LogP contribution in [0.5, 0.6) is 0 Å². The molecule has 8 heteroatoms. The van der Waals surface area contributed by atoms with Crippen molar-refractivity contribution in [3.8, 4) is 0 Å². The van der Waals surface area contributed by atoms with E-state index in [1.165, 1.54) is 0 Å². The van der Waals surface area contributed by atoms with E-state index in [-0.39, 0.29) is 6.61 Å². The lowest BCUT2D eigenvalue weighted by molar-refractivity contribution is 0.0328. The zero-order valence-electron chi connectivity index (χ0n) is 10.2. The second-order valence-corrected chi connectivity index (χ2v) is 6.26. The van der Waals surface area contributed by atoms with Gasteiger partial charge in [0.05, 0.1) is 12.6 Å². The highest BCUT2D eigenvalue weighted by molar-refractivity contribution is 7.87. The highest BCUT2D eigenvalue weighted by Crippen LogP contribution is 2.18. The van der Waals surface area contributed by atoms with Crippen molar-refractivity contribution >= 4 is 16.3 Å². The third-order valence-electron chi connectivity index (χ3n) is 2.08. The van der Waals surface area contributed by atoms with E-state index in [1.807, 2.05) is 0 Å². The lowest BCUT2D eigenvalue weighted by Crippen LogP contribution is -2.50. The van der Waals surface area contributed by atoms with Crippen LogP contribution in [0, 0.1) is 0 Å². The molecule has 1 rings (SSSR count). The number of ether oxygens (including phenoxy) is 2. The van der Waals surface area contributed by atoms with Crippen molar-refractivity contribution in [3.63, 3.8) is 0 Å². The van der Waals surface area contributed by atoms with Crippen molar-refractivity contribution in [2.75, 3.05) is 13.2 Å². The first-order chi connectivity index (χ1) is 7.61. The molecule has 1 amide bonds. The van der Waals surface area contributed by atoms with Gasteiger partial charge in [-0.05, 0) is 27.2 Å². The van der Waals surface area contributed by atoms with Gasteiger partial charge in [0, 0.05) is 6.61 Å². The summed E-state index contributed by atoms with van der Waals surface area (Å²) in [6.07, 6.45) is -0.536. The number of hydrogen-bond donors (Lipinski definition) is 1. The summed E-state index contributed by atoms with van der Waals surface area (Å²) in [6, 6.07) is -0.583. The van der Waals surface area contributed by atoms with Gasteiger partial charge in [0.1, 0.15) is 5.60 Å². The largest absolute Gasteiger partial charge is 0.443 e. The molecule has 0 aromatic heterocycles. The van der Waals surface area contributed by atoms with Gasteiger partial charge < -0.3 is 9.47 Å². The summed E-state index contributed by atoms with van der Waals surface area (Å²) in [4.78, 5) is 11.8. The molecule has 0 aromatic rings. The Bertz CT molecular complexity index is 381. The molecule has 17 heavy (non-hydrogen) atoms. The van der Waals surface area contributed by atoms with Gasteiger partial charge in [-0.25, -0.2) is 9.93 Å². The molecule has 100 valence electrons. The van der Waals surface area contributed by atoms with Crippen LogP contribution in [-0.2, 0) is 19.7 Å². The summed E-state index contributed by atoms with van der Waals surface area (Å²) in [5.74, 6) is 0. The van der Waals surface area contributed by atoms with Crippen LogP contribution in [0.4, 0.5) is 4.79 Å². The van der Waals surface area contributed by atoms with Crippen molar-refractivity contribution in [1.29, 1.82) is 0 Å². The number of carbonyl (C=O) groups is 1. The zero-order chi connectivity index (χ0) is 13.3. The van der Waals surface area contributed by atoms with Crippen LogP contribution >= 0.6 is 0 Å². The maximum absolute atomic E-state index is 11.8. The molecule has 0 aliphatic carbocycles. The maximum Gasteiger partial charge on any atom is 0.425 e. The van der Waals surface area contributed by atoms with Gasteiger partial charge in [-0.3, -0.25) is 0 Å². The smallest absolute Gasteiger partial charge is 0.425 e. The van der Waals surface area contributed by atoms with Gasteiger partial charge in [0.2, 0.25) is 0 Å². The minimum absolute atomic E-state index is 0.148. The summed E-state index contributed by atoms with van der Waals surface area (Å²) in [7, 11) is -4.14. The fourth-order valence-corrected chi connectivity index (χ4v) is 2.30. The third-order valence-corrected chi connectivity index (χ3v) is 3.08. The van der Waals surface area contributed by atoms with Gasteiger partial charge in [-0.2, -0.15) is 12.7 Å². The lowest BCUT2D eigenvalue weighted by atomic mass is 10.2. The Balaban J connectivity index is 2.87. The zero-order valence-corrected chi connectivity index (χ0v) is 11.0. The Morgan fingerprint density at radius 3 is 2.41 bits per heavy atom. The van der Waals surface area contributed by atoms with Crippen molar-refractivity contribution in [2.24, 2.45) is 5.14 Å². The molecule has 0 radical (unpaired) electrons. The van der Waals surface area contributed by atoms with Crippen LogP contribution in [0.15, 0.2) is 0 Å². The van der Waals surface area contributed by atoms with Gasteiger partial charge in [0.15, 0.2) is 0 Å². The predicted octanol–water partition coefficient (Wildman–Crippen LogP) is 0.216. The molecular weight excluding hydrogens is 248 g/mol. The van der Waals surface area contributed by atoms with Crippen molar-refractivity contribution in [2.45, 2.75) is 38.8 Å². The molecule has 0 spiro atoms. The summed E-state index contributed by atoms with van der Waals surface area (Å²) < 4.78 is 33.4. The molecule has 1 aliphatic heterocycles. The Hall–Kier alpha value is -0.860. The van der Waals surface area contributed by atoms with Crippen LogP contribution in [-0.4, -0.2) is 43.7 Å². The van der Waals surface area contributed by atoms with Gasteiger partial charge in [-0.15, -0.1) is 0 Å². The Morgan fingerprint density at radius 1 is 1.47 bits per heavy atom. The molecular formula is C9H18N2O5S. The summed E-state index contributed by atoms with van der Waals surface area (Å²) in [5.41, 5.74) is -0.778. The molecule has 1 fully saturated rings. The van der Waals surface area contributed by atoms with E-state index in [1.54, 1.807) is 20.8 Å². The minimum atomic E-state index is -4.14. The number of nitrogens with two attached hydrogens (primary N) is 1. The number of hydrogen-bond acceptors (Lipinski definition) is 5. The third kappa shape index (κ3) is 4.14. The summed E-state index contributed by atoms with van der Waals surface area (Å²) >= 11 is 0. The van der Waals surface area contributed by atoms with Crippen LogP contribution in [0.25, 0.3) is 0 Å². The monoisotopic (exact) mass is 266 g/mol. The van der Waals surface area contributed by atoms with Gasteiger partial charge in [0.25, 0.3) is 0 Å². The quantitative estimate of drug-likeness (QED) is 0.770. The van der Waals surface area contributed by atoms with Crippen LogP contribution in [0.3, 0.4) is 0 Å². The van der Waals surface area contributed by atoms with E-state index in [9.17, 15) is 13.2 Å². The first-order valence-electron chi connectivity index (χ1n) is 5.24. The molecule has 1 atom stereocenters.